The van der Waals surface area contributed by atoms with E-state index in [0.29, 0.717) is 12.8 Å². The summed E-state index contributed by atoms with van der Waals surface area (Å²) in [5.41, 5.74) is 0.115. The van der Waals surface area contributed by atoms with Gasteiger partial charge in [-0.25, -0.2) is 8.78 Å². The third kappa shape index (κ3) is 5.28. The van der Waals surface area contributed by atoms with E-state index in [4.69, 9.17) is 0 Å². The van der Waals surface area contributed by atoms with Gasteiger partial charge in [-0.05, 0) is 25.0 Å². The molecule has 0 heterocycles. The Morgan fingerprint density at radius 2 is 1.19 bits per heavy atom. The van der Waals surface area contributed by atoms with Crippen LogP contribution in [0.5, 0.6) is 0 Å². The summed E-state index contributed by atoms with van der Waals surface area (Å²) in [4.78, 5) is 0. The minimum atomic E-state index is -6.97. The highest BCUT2D eigenvalue weighted by Gasteiger charge is 2.83. The fourth-order valence-corrected chi connectivity index (χ4v) is 3.34. The summed E-state index contributed by atoms with van der Waals surface area (Å²) in [6.45, 7) is 1.15. The predicted octanol–water partition coefficient (Wildman–Crippen LogP) is 7.40. The number of hydrogen-bond acceptors (Lipinski definition) is 0. The number of benzene rings is 1. The molecule has 0 radical (unpaired) electrons. The molecule has 1 nitrogen and oxygen atoms in total. The molecule has 180 valence electrons. The van der Waals surface area contributed by atoms with Crippen molar-refractivity contribution in [3.8, 4) is 0 Å². The summed E-state index contributed by atoms with van der Waals surface area (Å²) >= 11 is 0. The van der Waals surface area contributed by atoms with Crippen LogP contribution < -0.4 is 4.48 Å². The lowest BCUT2D eigenvalue weighted by Crippen LogP contribution is -2.69. The number of quaternary nitrogens is 1. The lowest BCUT2D eigenvalue weighted by Gasteiger charge is -2.43. The van der Waals surface area contributed by atoms with Crippen LogP contribution in [-0.4, -0.2) is 49.7 Å². The smallest absolute Gasteiger partial charge is 0.286 e. The zero-order chi connectivity index (χ0) is 24.1. The van der Waals surface area contributed by atoms with E-state index in [-0.39, 0.29) is 31.6 Å². The molecule has 0 amide bonds. The maximum Gasteiger partial charge on any atom is 0.384 e. The normalized spacial score (nSPS) is 14.4. The van der Waals surface area contributed by atoms with Crippen molar-refractivity contribution in [2.75, 3.05) is 19.6 Å². The summed E-state index contributed by atoms with van der Waals surface area (Å²) in [5, 5.41) is 0. The molecular formula is C20H26F10N+. The Labute approximate surface area is 174 Å². The van der Waals surface area contributed by atoms with E-state index in [1.54, 1.807) is 13.8 Å². The highest BCUT2D eigenvalue weighted by Crippen LogP contribution is 2.55. The summed E-state index contributed by atoms with van der Waals surface area (Å²) < 4.78 is 136. The fourth-order valence-electron chi connectivity index (χ4n) is 3.34. The van der Waals surface area contributed by atoms with Gasteiger partial charge in [0.1, 0.15) is 5.69 Å². The third-order valence-electron chi connectivity index (χ3n) is 5.23. The second-order valence-electron chi connectivity index (χ2n) is 7.57. The maximum absolute atomic E-state index is 14.7. The molecule has 0 N–H and O–H groups in total. The highest BCUT2D eigenvalue weighted by atomic mass is 19.4. The van der Waals surface area contributed by atoms with Gasteiger partial charge in [0, 0.05) is 0 Å². The largest absolute Gasteiger partial charge is 0.384 e. The Bertz CT molecular complexity index is 668. The van der Waals surface area contributed by atoms with Crippen LogP contribution >= 0.6 is 0 Å². The van der Waals surface area contributed by atoms with E-state index in [1.807, 2.05) is 0 Å². The molecule has 0 bridgehead atoms. The number of nitrogens with zero attached hydrogens (tertiary/aromatic N) is 1. The van der Waals surface area contributed by atoms with Gasteiger partial charge < -0.3 is 0 Å². The van der Waals surface area contributed by atoms with E-state index in [2.05, 4.69) is 0 Å². The van der Waals surface area contributed by atoms with Crippen LogP contribution in [-0.2, 0) is 0 Å². The average molecular weight is 470 g/mol. The summed E-state index contributed by atoms with van der Waals surface area (Å²) in [6.07, 6.45) is -3.83. The van der Waals surface area contributed by atoms with Crippen molar-refractivity contribution in [2.24, 2.45) is 0 Å². The molecule has 0 unspecified atom stereocenters. The van der Waals surface area contributed by atoms with E-state index in [9.17, 15) is 43.9 Å². The van der Waals surface area contributed by atoms with E-state index in [0.717, 1.165) is 0 Å². The Balaban J connectivity index is 3.54. The van der Waals surface area contributed by atoms with Crippen LogP contribution in [0.1, 0.15) is 39.5 Å². The summed E-state index contributed by atoms with van der Waals surface area (Å²) in [7, 11) is 0. The van der Waals surface area contributed by atoms with Gasteiger partial charge in [0.15, 0.2) is 6.54 Å². The number of rotatable bonds is 13. The molecule has 0 aliphatic rings. The monoisotopic (exact) mass is 470 g/mol. The van der Waals surface area contributed by atoms with Gasteiger partial charge in [-0.15, -0.1) is 0 Å². The first-order valence-corrected chi connectivity index (χ1v) is 9.84. The number of halogens is 10. The molecule has 0 saturated heterocycles. The van der Waals surface area contributed by atoms with Crippen LogP contribution in [0.2, 0.25) is 0 Å². The molecule has 1 rings (SSSR count). The van der Waals surface area contributed by atoms with E-state index in [1.165, 1.54) is 30.3 Å². The van der Waals surface area contributed by atoms with Crippen molar-refractivity contribution in [3.63, 3.8) is 0 Å². The molecule has 0 aromatic heterocycles. The molecule has 0 atom stereocenters. The molecule has 0 saturated carbocycles. The topological polar surface area (TPSA) is 0 Å². The molecule has 31 heavy (non-hydrogen) atoms. The second-order valence-corrected chi connectivity index (χ2v) is 7.57. The molecule has 1 aromatic carbocycles. The maximum atomic E-state index is 14.7. The van der Waals surface area contributed by atoms with Crippen molar-refractivity contribution in [1.29, 1.82) is 0 Å². The minimum Gasteiger partial charge on any atom is -0.286 e. The van der Waals surface area contributed by atoms with Gasteiger partial charge in [0.25, 0.3) is 0 Å². The Hall–Kier alpha value is -1.52. The molecule has 0 fully saturated rings. The van der Waals surface area contributed by atoms with E-state index < -0.39 is 41.1 Å². The van der Waals surface area contributed by atoms with Crippen LogP contribution in [0.25, 0.3) is 0 Å². The second kappa shape index (κ2) is 9.95. The molecule has 0 spiro atoms. The lowest BCUT2D eigenvalue weighted by molar-refractivity contribution is -0.384. The molecule has 0 aliphatic heterocycles. The third-order valence-corrected chi connectivity index (χ3v) is 5.23. The first kappa shape index (κ1) is 27.5. The highest BCUT2D eigenvalue weighted by molar-refractivity contribution is 5.43. The zero-order valence-electron chi connectivity index (χ0n) is 17.1. The van der Waals surface area contributed by atoms with Crippen LogP contribution in [0, 0.1) is 0 Å². The standard InChI is InChI=1S/C20H26F10N/c1-3-5-12-31(13-6-4-2,15-10-8-7-9-11-15)14-17(23,24)19(27,28)20(29,30)18(25,26)16(21)22/h7-11,16H,3-6,12-14H2,1-2H3/q+1. The van der Waals surface area contributed by atoms with Crippen LogP contribution in [0.4, 0.5) is 49.6 Å². The minimum absolute atomic E-state index is 0.115. The first-order valence-electron chi connectivity index (χ1n) is 9.84. The average Bonchev–Trinajstić information content (AvgIpc) is 2.70. The van der Waals surface area contributed by atoms with E-state index >= 15 is 0 Å². The summed E-state index contributed by atoms with van der Waals surface area (Å²) in [6, 6.07) is 7.12. The number of alkyl halides is 10. The van der Waals surface area contributed by atoms with Gasteiger partial charge in [-0.1, -0.05) is 44.9 Å². The number of para-hydroxylation sites is 1. The molecule has 0 aliphatic carbocycles. The van der Waals surface area contributed by atoms with Crippen molar-refractivity contribution in [2.45, 2.75) is 69.6 Å². The Kier molecular flexibility index (Phi) is 8.84. The van der Waals surface area contributed by atoms with Crippen molar-refractivity contribution in [3.05, 3.63) is 30.3 Å². The van der Waals surface area contributed by atoms with Crippen molar-refractivity contribution in [1.82, 2.24) is 4.48 Å². The number of unbranched alkanes of at least 4 members (excludes halogenated alkanes) is 2. The lowest BCUT2D eigenvalue weighted by atomic mass is 9.96. The van der Waals surface area contributed by atoms with Gasteiger partial charge in [-0.2, -0.15) is 35.1 Å². The van der Waals surface area contributed by atoms with Gasteiger partial charge in [0.2, 0.25) is 0 Å². The van der Waals surface area contributed by atoms with Gasteiger partial charge in [0.05, 0.1) is 13.1 Å². The van der Waals surface area contributed by atoms with Crippen molar-refractivity contribution >= 4 is 5.69 Å². The number of hydrogen-bond donors (Lipinski definition) is 0. The van der Waals surface area contributed by atoms with Crippen LogP contribution in [0.3, 0.4) is 0 Å². The fraction of sp³-hybridized carbons (Fsp3) is 0.700. The van der Waals surface area contributed by atoms with Gasteiger partial charge >= 0.3 is 30.1 Å². The molecular weight excluding hydrogens is 444 g/mol. The van der Waals surface area contributed by atoms with Crippen LogP contribution in [0.15, 0.2) is 30.3 Å². The molecule has 11 heteroatoms. The molecule has 1 aromatic rings. The Morgan fingerprint density at radius 3 is 1.58 bits per heavy atom. The summed E-state index contributed by atoms with van der Waals surface area (Å²) in [5.74, 6) is -26.1. The first-order chi connectivity index (χ1) is 14.1. The predicted molar refractivity (Wildman–Crippen MR) is 98.4 cm³/mol. The van der Waals surface area contributed by atoms with Gasteiger partial charge in [-0.3, -0.25) is 4.48 Å². The Morgan fingerprint density at radius 1 is 0.742 bits per heavy atom. The zero-order valence-corrected chi connectivity index (χ0v) is 17.1. The SMILES string of the molecule is CCCC[N+](CCCC)(CC(F)(F)C(F)(F)C(F)(F)C(F)(F)C(F)F)c1ccccc1. The van der Waals surface area contributed by atoms with Crippen molar-refractivity contribution < 1.29 is 43.9 Å². The quantitative estimate of drug-likeness (QED) is 0.208.